The van der Waals surface area contributed by atoms with Crippen LogP contribution < -0.4 is 0 Å². The van der Waals surface area contributed by atoms with Gasteiger partial charge in [-0.2, -0.15) is 0 Å². The molecule has 2 radical (unpaired) electrons. The van der Waals surface area contributed by atoms with Crippen LogP contribution in [0.3, 0.4) is 0 Å². The first-order chi connectivity index (χ1) is 13.9. The maximum absolute atomic E-state index is 12.8. The zero-order valence-corrected chi connectivity index (χ0v) is 21.0. The molecule has 2 aromatic carbocycles. The molecule has 154 valence electrons. The van der Waals surface area contributed by atoms with Gasteiger partial charge in [-0.15, -0.1) is 0 Å². The van der Waals surface area contributed by atoms with Crippen LogP contribution in [0.15, 0.2) is 60.7 Å². The van der Waals surface area contributed by atoms with E-state index >= 15 is 0 Å². The van der Waals surface area contributed by atoms with Crippen molar-refractivity contribution in [3.05, 3.63) is 71.8 Å². The van der Waals surface area contributed by atoms with Gasteiger partial charge in [0.15, 0.2) is 0 Å². The Morgan fingerprint density at radius 3 is 1.38 bits per heavy atom. The second kappa shape index (κ2) is 10.8. The molecule has 2 atom stereocenters. The first-order valence-corrected chi connectivity index (χ1v) is 12.6. The third-order valence-electron chi connectivity index (χ3n) is 4.56. The van der Waals surface area contributed by atoms with E-state index in [2.05, 4.69) is 0 Å². The summed E-state index contributed by atoms with van der Waals surface area (Å²) in [5.74, 6) is -1.11. The SMILES string of the molecule is CCOC(C)(C(=O)[O][Pb][O]C(=O)C(C)(OCC)c1ccccc1)c1ccccc1. The molecular weight excluding hydrogens is 567 g/mol. The van der Waals surface area contributed by atoms with E-state index in [1.807, 2.05) is 50.2 Å². The van der Waals surface area contributed by atoms with Crippen LogP contribution in [0.4, 0.5) is 0 Å². The number of carbonyl (C=O) groups is 2. The Balaban J connectivity index is 2.06. The van der Waals surface area contributed by atoms with Crippen molar-refractivity contribution in [2.45, 2.75) is 38.9 Å². The van der Waals surface area contributed by atoms with E-state index in [0.29, 0.717) is 24.3 Å². The molecule has 0 saturated carbocycles. The van der Waals surface area contributed by atoms with Crippen molar-refractivity contribution < 1.29 is 24.4 Å². The molecule has 29 heavy (non-hydrogen) atoms. The van der Waals surface area contributed by atoms with Gasteiger partial charge in [-0.1, -0.05) is 0 Å². The molecule has 0 aliphatic heterocycles. The Labute approximate surface area is 185 Å². The molecule has 0 saturated heterocycles. The van der Waals surface area contributed by atoms with Gasteiger partial charge < -0.3 is 0 Å². The number of carbonyl (C=O) groups excluding carboxylic acids is 2. The number of ether oxygens (including phenoxy) is 2. The standard InChI is InChI=1S/2C11H14O3.Pb/c2*1-3-14-11(2,10(12)13)9-7-5-4-6-8-9;/h2*4-8H,3H2,1-2H3,(H,12,13);/q;;+2/p-2. The third kappa shape index (κ3) is 5.64. The summed E-state index contributed by atoms with van der Waals surface area (Å²) < 4.78 is 22.3. The predicted octanol–water partition coefficient (Wildman–Crippen LogP) is 3.51. The third-order valence-corrected chi connectivity index (χ3v) is 6.65. The summed E-state index contributed by atoms with van der Waals surface area (Å²) in [5.41, 5.74) is -1.13. The van der Waals surface area contributed by atoms with Gasteiger partial charge in [0.2, 0.25) is 0 Å². The van der Waals surface area contributed by atoms with Crippen LogP contribution in [-0.4, -0.2) is 50.3 Å². The van der Waals surface area contributed by atoms with E-state index < -0.39 is 48.3 Å². The molecule has 0 spiro atoms. The van der Waals surface area contributed by atoms with E-state index in [0.717, 1.165) is 0 Å². The predicted molar refractivity (Wildman–Crippen MR) is 109 cm³/mol. The summed E-state index contributed by atoms with van der Waals surface area (Å²) >= 11 is -2.51. The fourth-order valence-corrected chi connectivity index (χ4v) is 5.17. The van der Waals surface area contributed by atoms with Crippen molar-refractivity contribution in [3.63, 3.8) is 0 Å². The van der Waals surface area contributed by atoms with Gasteiger partial charge in [-0.3, -0.25) is 0 Å². The Bertz CT molecular complexity index is 730. The van der Waals surface area contributed by atoms with Crippen LogP contribution in [-0.2, 0) is 35.6 Å². The van der Waals surface area contributed by atoms with Crippen molar-refractivity contribution in [3.8, 4) is 0 Å². The van der Waals surface area contributed by atoms with Gasteiger partial charge in [0.05, 0.1) is 0 Å². The van der Waals surface area contributed by atoms with Crippen LogP contribution >= 0.6 is 0 Å². The van der Waals surface area contributed by atoms with Gasteiger partial charge in [0.25, 0.3) is 0 Å². The van der Waals surface area contributed by atoms with Crippen LogP contribution in [0.2, 0.25) is 0 Å². The molecule has 0 aromatic heterocycles. The summed E-state index contributed by atoms with van der Waals surface area (Å²) in [4.78, 5) is 25.5. The fraction of sp³-hybridized carbons (Fsp3) is 0.364. The Kier molecular flexibility index (Phi) is 8.79. The van der Waals surface area contributed by atoms with Crippen LogP contribution in [0.25, 0.3) is 0 Å². The second-order valence-corrected chi connectivity index (χ2v) is 8.76. The summed E-state index contributed by atoms with van der Waals surface area (Å²) in [5, 5.41) is 0. The summed E-state index contributed by atoms with van der Waals surface area (Å²) in [6.07, 6.45) is 0. The van der Waals surface area contributed by atoms with Crippen LogP contribution in [0.1, 0.15) is 38.8 Å². The van der Waals surface area contributed by atoms with Crippen molar-refractivity contribution in [1.82, 2.24) is 0 Å². The monoisotopic (exact) mass is 594 g/mol. The van der Waals surface area contributed by atoms with Gasteiger partial charge in [0, 0.05) is 0 Å². The van der Waals surface area contributed by atoms with E-state index in [1.165, 1.54) is 0 Å². The molecule has 2 unspecified atom stereocenters. The van der Waals surface area contributed by atoms with E-state index in [9.17, 15) is 9.59 Å². The Hall–Kier alpha value is -1.78. The zero-order valence-electron chi connectivity index (χ0n) is 17.1. The van der Waals surface area contributed by atoms with Crippen LogP contribution in [0, 0.1) is 0 Å². The van der Waals surface area contributed by atoms with Gasteiger partial charge >= 0.3 is 185 Å². The van der Waals surface area contributed by atoms with Crippen molar-refractivity contribution >= 4 is 37.1 Å². The van der Waals surface area contributed by atoms with E-state index in [1.54, 1.807) is 38.1 Å². The molecule has 0 aliphatic rings. The summed E-state index contributed by atoms with van der Waals surface area (Å²) in [7, 11) is 0. The molecule has 0 aliphatic carbocycles. The molecule has 7 heteroatoms. The van der Waals surface area contributed by atoms with Gasteiger partial charge in [-0.25, -0.2) is 0 Å². The van der Waals surface area contributed by atoms with Gasteiger partial charge in [-0.05, 0) is 0 Å². The topological polar surface area (TPSA) is 71.1 Å². The van der Waals surface area contributed by atoms with Crippen LogP contribution in [0.5, 0.6) is 0 Å². The molecule has 0 heterocycles. The second-order valence-electron chi connectivity index (χ2n) is 6.53. The Morgan fingerprint density at radius 1 is 0.724 bits per heavy atom. The molecule has 6 nitrogen and oxygen atoms in total. The molecule has 0 amide bonds. The van der Waals surface area contributed by atoms with Gasteiger partial charge in [0.1, 0.15) is 0 Å². The first kappa shape index (κ1) is 23.5. The molecular formula is C22H26O6Pb. The Morgan fingerprint density at radius 2 is 1.07 bits per heavy atom. The number of benzene rings is 2. The van der Waals surface area contributed by atoms with E-state index in [-0.39, 0.29) is 0 Å². The molecule has 2 aromatic rings. The normalized spacial score (nSPS) is 15.0. The fourth-order valence-electron chi connectivity index (χ4n) is 2.90. The summed E-state index contributed by atoms with van der Waals surface area (Å²) in [6, 6.07) is 18.3. The van der Waals surface area contributed by atoms with Crippen molar-refractivity contribution in [2.24, 2.45) is 0 Å². The van der Waals surface area contributed by atoms with Crippen molar-refractivity contribution in [2.75, 3.05) is 13.2 Å². The molecule has 0 bridgehead atoms. The number of hydrogen-bond acceptors (Lipinski definition) is 6. The number of hydrogen-bond donors (Lipinski definition) is 0. The zero-order chi connectivity index (χ0) is 21.3. The summed E-state index contributed by atoms with van der Waals surface area (Å²) in [6.45, 7) is 7.62. The maximum atomic E-state index is 12.8. The number of rotatable bonds is 10. The minimum atomic E-state index is -2.51. The quantitative estimate of drug-likeness (QED) is 0.393. The van der Waals surface area contributed by atoms with E-state index in [4.69, 9.17) is 14.8 Å². The molecule has 0 N–H and O–H groups in total. The molecule has 0 fully saturated rings. The molecule has 2 rings (SSSR count). The first-order valence-electron chi connectivity index (χ1n) is 9.45. The minimum absolute atomic E-state index is 0.338. The van der Waals surface area contributed by atoms with Crippen molar-refractivity contribution in [1.29, 1.82) is 0 Å². The average Bonchev–Trinajstić information content (AvgIpc) is 2.75. The average molecular weight is 594 g/mol.